The lowest BCUT2D eigenvalue weighted by Gasteiger charge is -2.42. The molecular weight excluding hydrogens is 290 g/mol. The normalized spacial score (nSPS) is 18.6. The average Bonchev–Trinajstić information content (AvgIpc) is 2.48. The number of rotatable bonds is 4. The van der Waals surface area contributed by atoms with Crippen LogP contribution in [0.15, 0.2) is 29.4 Å². The molecule has 116 valence electrons. The van der Waals surface area contributed by atoms with E-state index in [2.05, 4.69) is 4.98 Å². The van der Waals surface area contributed by atoms with Crippen molar-refractivity contribution in [1.29, 1.82) is 5.41 Å². The SMILES string of the molecule is CC(C)(C(=N)N)N1CCN(S(=O)(=O)c2cccnc2)CC1. The maximum Gasteiger partial charge on any atom is 0.244 e. The molecule has 0 aromatic carbocycles. The molecule has 0 unspecified atom stereocenters. The van der Waals surface area contributed by atoms with Crippen molar-refractivity contribution in [2.24, 2.45) is 5.73 Å². The van der Waals surface area contributed by atoms with Crippen molar-refractivity contribution < 1.29 is 8.42 Å². The van der Waals surface area contributed by atoms with Crippen LogP contribution < -0.4 is 5.73 Å². The summed E-state index contributed by atoms with van der Waals surface area (Å²) in [6.45, 7) is 5.61. The first kappa shape index (κ1) is 15.9. The van der Waals surface area contributed by atoms with E-state index in [0.717, 1.165) is 0 Å². The summed E-state index contributed by atoms with van der Waals surface area (Å²) in [5.74, 6) is 0.0890. The van der Waals surface area contributed by atoms with Crippen LogP contribution in [0, 0.1) is 5.41 Å². The summed E-state index contributed by atoms with van der Waals surface area (Å²) in [6, 6.07) is 3.16. The number of aromatic nitrogens is 1. The van der Waals surface area contributed by atoms with Crippen molar-refractivity contribution in [3.05, 3.63) is 24.5 Å². The van der Waals surface area contributed by atoms with Crippen molar-refractivity contribution in [3.8, 4) is 0 Å². The van der Waals surface area contributed by atoms with E-state index in [0.29, 0.717) is 26.2 Å². The molecule has 0 saturated carbocycles. The van der Waals surface area contributed by atoms with Crippen LogP contribution in [0.4, 0.5) is 0 Å². The van der Waals surface area contributed by atoms with E-state index in [1.807, 2.05) is 18.7 Å². The van der Waals surface area contributed by atoms with Gasteiger partial charge in [-0.3, -0.25) is 15.3 Å². The molecule has 0 atom stereocenters. The zero-order valence-corrected chi connectivity index (χ0v) is 13.1. The van der Waals surface area contributed by atoms with Gasteiger partial charge in [-0.1, -0.05) is 0 Å². The molecule has 7 nitrogen and oxygen atoms in total. The third-order valence-electron chi connectivity index (χ3n) is 3.96. The van der Waals surface area contributed by atoms with Gasteiger partial charge >= 0.3 is 0 Å². The van der Waals surface area contributed by atoms with Crippen LogP contribution in [0.1, 0.15) is 13.8 Å². The first-order chi connectivity index (χ1) is 9.76. The minimum Gasteiger partial charge on any atom is -0.386 e. The Kier molecular flexibility index (Phi) is 4.31. The number of hydrogen-bond acceptors (Lipinski definition) is 5. The van der Waals surface area contributed by atoms with Gasteiger partial charge in [0.25, 0.3) is 0 Å². The van der Waals surface area contributed by atoms with Crippen LogP contribution in [0.3, 0.4) is 0 Å². The lowest BCUT2D eigenvalue weighted by atomic mass is 10.0. The summed E-state index contributed by atoms with van der Waals surface area (Å²) in [4.78, 5) is 6.11. The molecule has 1 aliphatic rings. The van der Waals surface area contributed by atoms with Gasteiger partial charge in [-0.25, -0.2) is 8.42 Å². The van der Waals surface area contributed by atoms with Crippen LogP contribution in [0.2, 0.25) is 0 Å². The number of pyridine rings is 1. The predicted octanol–water partition coefficient (Wildman–Crippen LogP) is 0.102. The van der Waals surface area contributed by atoms with Crippen molar-refractivity contribution in [3.63, 3.8) is 0 Å². The number of nitrogens with one attached hydrogen (secondary N) is 1. The van der Waals surface area contributed by atoms with Crippen molar-refractivity contribution >= 4 is 15.9 Å². The largest absolute Gasteiger partial charge is 0.386 e. The Morgan fingerprint density at radius 2 is 1.95 bits per heavy atom. The Labute approximate surface area is 125 Å². The quantitative estimate of drug-likeness (QED) is 0.606. The van der Waals surface area contributed by atoms with Crippen LogP contribution in [-0.4, -0.2) is 60.2 Å². The molecule has 1 aromatic rings. The van der Waals surface area contributed by atoms with Gasteiger partial charge in [-0.2, -0.15) is 4.31 Å². The Bertz CT molecular complexity index is 607. The molecule has 1 aliphatic heterocycles. The average molecular weight is 311 g/mol. The number of hydrogen-bond donors (Lipinski definition) is 2. The number of nitrogens with zero attached hydrogens (tertiary/aromatic N) is 3. The fourth-order valence-electron chi connectivity index (χ4n) is 2.31. The summed E-state index contributed by atoms with van der Waals surface area (Å²) in [6.07, 6.45) is 2.91. The van der Waals surface area contributed by atoms with Gasteiger partial charge in [0.15, 0.2) is 0 Å². The highest BCUT2D eigenvalue weighted by Gasteiger charge is 2.35. The molecule has 1 fully saturated rings. The number of amidine groups is 1. The molecule has 0 radical (unpaired) electrons. The summed E-state index contributed by atoms with van der Waals surface area (Å²) in [7, 11) is -3.49. The second-order valence-corrected chi connectivity index (χ2v) is 7.49. The Morgan fingerprint density at radius 3 is 2.43 bits per heavy atom. The highest BCUT2D eigenvalue weighted by atomic mass is 32.2. The third-order valence-corrected chi connectivity index (χ3v) is 5.84. The van der Waals surface area contributed by atoms with Gasteiger partial charge in [-0.15, -0.1) is 0 Å². The summed E-state index contributed by atoms with van der Waals surface area (Å²) in [5.41, 5.74) is 5.06. The zero-order chi connectivity index (χ0) is 15.7. The van der Waals surface area contributed by atoms with E-state index in [1.54, 1.807) is 18.3 Å². The maximum atomic E-state index is 12.5. The molecular formula is C13H21N5O2S. The highest BCUT2D eigenvalue weighted by molar-refractivity contribution is 7.89. The van der Waals surface area contributed by atoms with E-state index in [-0.39, 0.29) is 10.7 Å². The molecule has 2 heterocycles. The van der Waals surface area contributed by atoms with E-state index in [4.69, 9.17) is 11.1 Å². The molecule has 0 spiro atoms. The van der Waals surface area contributed by atoms with E-state index in [9.17, 15) is 8.42 Å². The fraction of sp³-hybridized carbons (Fsp3) is 0.538. The Morgan fingerprint density at radius 1 is 1.33 bits per heavy atom. The Balaban J connectivity index is 2.10. The molecule has 3 N–H and O–H groups in total. The van der Waals surface area contributed by atoms with Gasteiger partial charge in [0.1, 0.15) is 10.7 Å². The minimum absolute atomic E-state index is 0.0890. The van der Waals surface area contributed by atoms with Crippen molar-refractivity contribution in [2.45, 2.75) is 24.3 Å². The smallest absolute Gasteiger partial charge is 0.244 e. The van der Waals surface area contributed by atoms with E-state index >= 15 is 0 Å². The second kappa shape index (κ2) is 5.70. The highest BCUT2D eigenvalue weighted by Crippen LogP contribution is 2.21. The lowest BCUT2D eigenvalue weighted by molar-refractivity contribution is 0.121. The van der Waals surface area contributed by atoms with Gasteiger partial charge < -0.3 is 5.73 Å². The van der Waals surface area contributed by atoms with Crippen LogP contribution in [0.25, 0.3) is 0 Å². The van der Waals surface area contributed by atoms with Crippen LogP contribution in [0.5, 0.6) is 0 Å². The van der Waals surface area contributed by atoms with Crippen LogP contribution >= 0.6 is 0 Å². The maximum absolute atomic E-state index is 12.5. The molecule has 21 heavy (non-hydrogen) atoms. The first-order valence-corrected chi connectivity index (χ1v) is 8.20. The minimum atomic E-state index is -3.49. The molecule has 2 rings (SSSR count). The molecule has 0 amide bonds. The van der Waals surface area contributed by atoms with Crippen molar-refractivity contribution in [2.75, 3.05) is 26.2 Å². The van der Waals surface area contributed by atoms with Gasteiger partial charge in [0.2, 0.25) is 10.0 Å². The molecule has 1 aromatic heterocycles. The van der Waals surface area contributed by atoms with E-state index < -0.39 is 15.6 Å². The molecule has 0 aliphatic carbocycles. The zero-order valence-electron chi connectivity index (χ0n) is 12.3. The Hall–Kier alpha value is -1.51. The summed E-state index contributed by atoms with van der Waals surface area (Å²) < 4.78 is 26.4. The molecule has 1 saturated heterocycles. The first-order valence-electron chi connectivity index (χ1n) is 6.76. The van der Waals surface area contributed by atoms with Gasteiger partial charge in [-0.05, 0) is 26.0 Å². The van der Waals surface area contributed by atoms with Gasteiger partial charge in [0, 0.05) is 38.6 Å². The molecule has 8 heteroatoms. The summed E-state index contributed by atoms with van der Waals surface area (Å²) in [5, 5.41) is 7.64. The predicted molar refractivity (Wildman–Crippen MR) is 80.6 cm³/mol. The third kappa shape index (κ3) is 3.07. The number of piperazine rings is 1. The monoisotopic (exact) mass is 311 g/mol. The number of sulfonamides is 1. The standard InChI is InChI=1S/C13H21N5O2S/c1-13(2,12(14)15)17-6-8-18(9-7-17)21(19,20)11-4-3-5-16-10-11/h3-5,10H,6-9H2,1-2H3,(H3,14,15). The van der Waals surface area contributed by atoms with E-state index in [1.165, 1.54) is 10.5 Å². The number of nitrogens with two attached hydrogens (primary N) is 1. The lowest BCUT2D eigenvalue weighted by Crippen LogP contribution is -2.60. The fourth-order valence-corrected chi connectivity index (χ4v) is 3.69. The van der Waals surface area contributed by atoms with Crippen molar-refractivity contribution in [1.82, 2.24) is 14.2 Å². The van der Waals surface area contributed by atoms with Crippen LogP contribution in [-0.2, 0) is 10.0 Å². The summed E-state index contributed by atoms with van der Waals surface area (Å²) >= 11 is 0. The second-order valence-electron chi connectivity index (χ2n) is 5.55. The molecule has 0 bridgehead atoms. The van der Waals surface area contributed by atoms with Gasteiger partial charge in [0.05, 0.1) is 5.54 Å². The topological polar surface area (TPSA) is 103 Å².